The number of nitrogens with zero attached hydrogens (tertiary/aromatic N) is 1. The number of hydrogen-bond donors (Lipinski definition) is 2. The Kier molecular flexibility index (Phi) is 8.03. The number of aryl methyl sites for hydroxylation is 1. The lowest BCUT2D eigenvalue weighted by atomic mass is 10.1. The SMILES string of the molecule is CCCc1ccc(OCC(=O)N/N=C(/C)CC(=O)Nc2ccccc2)cc1. The van der Waals surface area contributed by atoms with Crippen LogP contribution in [0.5, 0.6) is 5.75 Å². The van der Waals surface area contributed by atoms with E-state index < -0.39 is 0 Å². The fourth-order valence-electron chi connectivity index (χ4n) is 2.38. The molecule has 2 aromatic carbocycles. The molecule has 142 valence electrons. The molecule has 0 fully saturated rings. The predicted octanol–water partition coefficient (Wildman–Crippen LogP) is 3.54. The molecule has 2 aromatic rings. The van der Waals surface area contributed by atoms with Crippen molar-refractivity contribution < 1.29 is 14.3 Å². The van der Waals surface area contributed by atoms with Crippen molar-refractivity contribution in [1.29, 1.82) is 0 Å². The average Bonchev–Trinajstić information content (AvgIpc) is 2.67. The number of anilines is 1. The van der Waals surface area contributed by atoms with Gasteiger partial charge in [0.2, 0.25) is 5.91 Å². The summed E-state index contributed by atoms with van der Waals surface area (Å²) in [6.45, 7) is 3.67. The maximum absolute atomic E-state index is 11.9. The lowest BCUT2D eigenvalue weighted by Gasteiger charge is -2.07. The molecule has 6 nitrogen and oxygen atoms in total. The van der Waals surface area contributed by atoms with Gasteiger partial charge in [0.05, 0.1) is 6.42 Å². The van der Waals surface area contributed by atoms with Crippen LogP contribution in [-0.4, -0.2) is 24.1 Å². The van der Waals surface area contributed by atoms with Crippen LogP contribution >= 0.6 is 0 Å². The van der Waals surface area contributed by atoms with E-state index in [1.54, 1.807) is 19.1 Å². The Labute approximate surface area is 159 Å². The first kappa shape index (κ1) is 20.2. The Hall–Kier alpha value is -3.15. The van der Waals surface area contributed by atoms with Gasteiger partial charge in [0, 0.05) is 11.4 Å². The lowest BCUT2D eigenvalue weighted by Crippen LogP contribution is -2.26. The molecule has 2 N–H and O–H groups in total. The van der Waals surface area contributed by atoms with Gasteiger partial charge in [0.1, 0.15) is 5.75 Å². The van der Waals surface area contributed by atoms with E-state index in [0.29, 0.717) is 11.5 Å². The van der Waals surface area contributed by atoms with Crippen LogP contribution in [0.15, 0.2) is 59.7 Å². The highest BCUT2D eigenvalue weighted by Gasteiger charge is 2.06. The van der Waals surface area contributed by atoms with E-state index >= 15 is 0 Å². The number of ether oxygens (including phenoxy) is 1. The number of carbonyl (C=O) groups excluding carboxylic acids is 2. The number of para-hydroxylation sites is 1. The summed E-state index contributed by atoms with van der Waals surface area (Å²) in [7, 11) is 0. The first-order valence-corrected chi connectivity index (χ1v) is 8.95. The summed E-state index contributed by atoms with van der Waals surface area (Å²) in [5.41, 5.74) is 4.86. The van der Waals surface area contributed by atoms with Crippen molar-refractivity contribution in [3.05, 3.63) is 60.2 Å². The zero-order chi connectivity index (χ0) is 19.5. The Balaban J connectivity index is 1.72. The molecule has 0 bridgehead atoms. The molecule has 0 atom stereocenters. The van der Waals surface area contributed by atoms with Crippen molar-refractivity contribution in [2.45, 2.75) is 33.1 Å². The van der Waals surface area contributed by atoms with Gasteiger partial charge in [-0.1, -0.05) is 43.7 Å². The fraction of sp³-hybridized carbons (Fsp3) is 0.286. The van der Waals surface area contributed by atoms with Gasteiger partial charge >= 0.3 is 0 Å². The predicted molar refractivity (Wildman–Crippen MR) is 107 cm³/mol. The van der Waals surface area contributed by atoms with Crippen molar-refractivity contribution >= 4 is 23.2 Å². The van der Waals surface area contributed by atoms with Crippen LogP contribution in [0.1, 0.15) is 32.3 Å². The van der Waals surface area contributed by atoms with Gasteiger partial charge in [-0.3, -0.25) is 9.59 Å². The molecule has 2 amide bonds. The lowest BCUT2D eigenvalue weighted by molar-refractivity contribution is -0.123. The molecule has 2 rings (SSSR count). The van der Waals surface area contributed by atoms with Gasteiger partial charge in [0.15, 0.2) is 6.61 Å². The summed E-state index contributed by atoms with van der Waals surface area (Å²) in [5.74, 6) is 0.0588. The minimum atomic E-state index is -0.379. The number of nitrogens with one attached hydrogen (secondary N) is 2. The number of rotatable bonds is 9. The minimum absolute atomic E-state index is 0.0922. The van der Waals surface area contributed by atoms with E-state index in [2.05, 4.69) is 22.8 Å². The van der Waals surface area contributed by atoms with Crippen LogP contribution in [0.3, 0.4) is 0 Å². The van der Waals surface area contributed by atoms with Crippen LogP contribution < -0.4 is 15.5 Å². The zero-order valence-electron chi connectivity index (χ0n) is 15.7. The van der Waals surface area contributed by atoms with Gasteiger partial charge in [-0.05, 0) is 43.2 Å². The summed E-state index contributed by atoms with van der Waals surface area (Å²) in [6, 6.07) is 16.8. The zero-order valence-corrected chi connectivity index (χ0v) is 15.7. The first-order valence-electron chi connectivity index (χ1n) is 8.95. The van der Waals surface area contributed by atoms with Crippen LogP contribution in [0.2, 0.25) is 0 Å². The van der Waals surface area contributed by atoms with Crippen molar-refractivity contribution in [2.75, 3.05) is 11.9 Å². The first-order chi connectivity index (χ1) is 13.1. The Morgan fingerprint density at radius 3 is 2.37 bits per heavy atom. The second-order valence-electron chi connectivity index (χ2n) is 6.16. The molecule has 0 aromatic heterocycles. The van der Waals surface area contributed by atoms with Gasteiger partial charge < -0.3 is 10.1 Å². The number of hydrazone groups is 1. The molecule has 0 saturated heterocycles. The van der Waals surface area contributed by atoms with Gasteiger partial charge in [0.25, 0.3) is 5.91 Å². The van der Waals surface area contributed by atoms with Crippen LogP contribution in [0, 0.1) is 0 Å². The molecule has 0 aliphatic rings. The highest BCUT2D eigenvalue weighted by Crippen LogP contribution is 2.13. The largest absolute Gasteiger partial charge is 0.484 e. The summed E-state index contributed by atoms with van der Waals surface area (Å²) >= 11 is 0. The Bertz CT molecular complexity index is 771. The van der Waals surface area contributed by atoms with Gasteiger partial charge in [-0.15, -0.1) is 0 Å². The van der Waals surface area contributed by atoms with Crippen molar-refractivity contribution in [2.24, 2.45) is 5.10 Å². The number of carbonyl (C=O) groups is 2. The molecule has 6 heteroatoms. The van der Waals surface area contributed by atoms with Crippen molar-refractivity contribution in [3.8, 4) is 5.75 Å². The van der Waals surface area contributed by atoms with Crippen molar-refractivity contribution in [1.82, 2.24) is 5.43 Å². The monoisotopic (exact) mass is 367 g/mol. The summed E-state index contributed by atoms with van der Waals surface area (Å²) in [4.78, 5) is 23.7. The van der Waals surface area contributed by atoms with Crippen LogP contribution in [0.4, 0.5) is 5.69 Å². The minimum Gasteiger partial charge on any atom is -0.484 e. The third-order valence-electron chi connectivity index (χ3n) is 3.68. The number of hydrogen-bond acceptors (Lipinski definition) is 4. The van der Waals surface area contributed by atoms with Crippen LogP contribution in [0.25, 0.3) is 0 Å². The van der Waals surface area contributed by atoms with Crippen molar-refractivity contribution in [3.63, 3.8) is 0 Å². The molecule has 0 aliphatic heterocycles. The normalized spacial score (nSPS) is 11.0. The molecule has 0 unspecified atom stereocenters. The maximum atomic E-state index is 11.9. The van der Waals surface area contributed by atoms with Gasteiger partial charge in [-0.25, -0.2) is 5.43 Å². The van der Waals surface area contributed by atoms with E-state index in [1.165, 1.54) is 5.56 Å². The highest BCUT2D eigenvalue weighted by atomic mass is 16.5. The number of benzene rings is 2. The van der Waals surface area contributed by atoms with Gasteiger partial charge in [-0.2, -0.15) is 5.10 Å². The molecule has 0 aliphatic carbocycles. The van der Waals surface area contributed by atoms with E-state index in [-0.39, 0.29) is 24.8 Å². The molecule has 0 saturated carbocycles. The van der Waals surface area contributed by atoms with E-state index in [9.17, 15) is 9.59 Å². The fourth-order valence-corrected chi connectivity index (χ4v) is 2.38. The van der Waals surface area contributed by atoms with E-state index in [4.69, 9.17) is 4.74 Å². The standard InChI is InChI=1S/C21H25N3O3/c1-3-7-17-10-12-19(13-11-17)27-15-21(26)24-23-16(2)14-20(25)22-18-8-5-4-6-9-18/h4-6,8-13H,3,7,14-15H2,1-2H3,(H,22,25)(H,24,26)/b23-16-. The van der Waals surface area contributed by atoms with E-state index in [0.717, 1.165) is 18.5 Å². The molecule has 0 spiro atoms. The summed E-state index contributed by atoms with van der Waals surface area (Å²) in [5, 5.41) is 6.70. The topological polar surface area (TPSA) is 79.8 Å². The molecule has 0 heterocycles. The van der Waals surface area contributed by atoms with E-state index in [1.807, 2.05) is 42.5 Å². The summed E-state index contributed by atoms with van der Waals surface area (Å²) < 4.78 is 5.43. The second kappa shape index (κ2) is 10.8. The molecule has 27 heavy (non-hydrogen) atoms. The Morgan fingerprint density at radius 1 is 1.00 bits per heavy atom. The maximum Gasteiger partial charge on any atom is 0.277 e. The third-order valence-corrected chi connectivity index (χ3v) is 3.68. The smallest absolute Gasteiger partial charge is 0.277 e. The summed E-state index contributed by atoms with van der Waals surface area (Å²) in [6.07, 6.45) is 2.20. The third kappa shape index (κ3) is 7.73. The quantitative estimate of drug-likeness (QED) is 0.525. The van der Waals surface area contributed by atoms with Crippen LogP contribution in [-0.2, 0) is 16.0 Å². The Morgan fingerprint density at radius 2 is 1.70 bits per heavy atom. The highest BCUT2D eigenvalue weighted by molar-refractivity contribution is 6.05. The average molecular weight is 367 g/mol. The molecule has 0 radical (unpaired) electrons. The molecular weight excluding hydrogens is 342 g/mol. The second-order valence-corrected chi connectivity index (χ2v) is 6.16. The number of amides is 2. The molecular formula is C21H25N3O3.